The van der Waals surface area contributed by atoms with E-state index < -0.39 is 0 Å². The Hall–Kier alpha value is -1.68. The second kappa shape index (κ2) is 5.60. The van der Waals surface area contributed by atoms with E-state index in [1.165, 1.54) is 12.8 Å². The number of rotatable bonds is 5. The minimum Gasteiger partial charge on any atom is -0.389 e. The van der Waals surface area contributed by atoms with Crippen molar-refractivity contribution in [2.45, 2.75) is 32.7 Å². The maximum atomic E-state index is 5.95. The van der Waals surface area contributed by atoms with Gasteiger partial charge >= 0.3 is 0 Å². The van der Waals surface area contributed by atoms with Gasteiger partial charge in [-0.2, -0.15) is 0 Å². The van der Waals surface area contributed by atoms with Crippen LogP contribution in [0.2, 0.25) is 0 Å². The Bertz CT molecular complexity index is 677. The fraction of sp³-hybridized carbons (Fsp3) is 0.412. The number of para-hydroxylation sites is 1. The van der Waals surface area contributed by atoms with E-state index >= 15 is 0 Å². The first-order valence-corrected chi connectivity index (χ1v) is 7.93. The SMILES string of the molecule is CC(C)N(CC1CC1)c1nc2ccccc2cc1C(N)=S. The van der Waals surface area contributed by atoms with Crippen molar-refractivity contribution < 1.29 is 0 Å². The molecule has 2 N–H and O–H groups in total. The molecule has 1 saturated carbocycles. The molecule has 0 spiro atoms. The summed E-state index contributed by atoms with van der Waals surface area (Å²) in [4.78, 5) is 7.62. The van der Waals surface area contributed by atoms with Gasteiger partial charge in [0, 0.05) is 18.0 Å². The van der Waals surface area contributed by atoms with Crippen LogP contribution in [-0.4, -0.2) is 22.6 Å². The van der Waals surface area contributed by atoms with Crippen LogP contribution in [0.4, 0.5) is 5.82 Å². The fourth-order valence-electron chi connectivity index (χ4n) is 2.63. The Balaban J connectivity index is 2.12. The summed E-state index contributed by atoms with van der Waals surface area (Å²) in [5, 5.41) is 1.08. The van der Waals surface area contributed by atoms with E-state index in [0.717, 1.165) is 34.7 Å². The zero-order valence-corrected chi connectivity index (χ0v) is 13.4. The standard InChI is InChI=1S/C17H21N3S/c1-11(2)20(10-12-7-8-12)17-14(16(18)21)9-13-5-3-4-6-15(13)19-17/h3-6,9,11-12H,7-8,10H2,1-2H3,(H2,18,21). The van der Waals surface area contributed by atoms with Crippen molar-refractivity contribution in [3.63, 3.8) is 0 Å². The fourth-order valence-corrected chi connectivity index (χ4v) is 2.78. The Morgan fingerprint density at radius 3 is 2.71 bits per heavy atom. The predicted octanol–water partition coefficient (Wildman–Crippen LogP) is 3.49. The van der Waals surface area contributed by atoms with Crippen LogP contribution in [0.15, 0.2) is 30.3 Å². The summed E-state index contributed by atoms with van der Waals surface area (Å²) in [6.45, 7) is 5.43. The molecule has 0 bridgehead atoms. The van der Waals surface area contributed by atoms with Gasteiger partial charge in [0.2, 0.25) is 0 Å². The molecule has 0 amide bonds. The molecule has 1 aromatic carbocycles. The molecule has 4 heteroatoms. The lowest BCUT2D eigenvalue weighted by molar-refractivity contribution is 0.637. The second-order valence-electron chi connectivity index (χ2n) is 6.11. The molecule has 3 nitrogen and oxygen atoms in total. The highest BCUT2D eigenvalue weighted by Gasteiger charge is 2.28. The lowest BCUT2D eigenvalue weighted by Crippen LogP contribution is -2.35. The van der Waals surface area contributed by atoms with Crippen LogP contribution in [0.3, 0.4) is 0 Å². The molecule has 1 aromatic heterocycles. The zero-order valence-electron chi connectivity index (χ0n) is 12.5. The first-order valence-electron chi connectivity index (χ1n) is 7.52. The molecular weight excluding hydrogens is 278 g/mol. The lowest BCUT2D eigenvalue weighted by atomic mass is 10.1. The molecule has 2 aromatic rings. The zero-order chi connectivity index (χ0) is 15.0. The van der Waals surface area contributed by atoms with Crippen LogP contribution in [0.5, 0.6) is 0 Å². The first-order chi connectivity index (χ1) is 10.1. The normalized spacial score (nSPS) is 14.6. The molecule has 3 rings (SSSR count). The number of hydrogen-bond acceptors (Lipinski definition) is 3. The van der Waals surface area contributed by atoms with Crippen molar-refractivity contribution in [3.8, 4) is 0 Å². The van der Waals surface area contributed by atoms with E-state index in [1.807, 2.05) is 18.2 Å². The third-order valence-corrected chi connectivity index (χ3v) is 4.24. The molecule has 1 fully saturated rings. The number of nitrogens with two attached hydrogens (primary N) is 1. The van der Waals surface area contributed by atoms with Gasteiger partial charge in [0.15, 0.2) is 0 Å². The van der Waals surface area contributed by atoms with Crippen LogP contribution < -0.4 is 10.6 Å². The molecule has 0 saturated heterocycles. The first kappa shape index (κ1) is 14.3. The topological polar surface area (TPSA) is 42.2 Å². The summed E-state index contributed by atoms with van der Waals surface area (Å²) in [5.41, 5.74) is 7.84. The van der Waals surface area contributed by atoms with Crippen molar-refractivity contribution >= 4 is 33.9 Å². The molecular formula is C17H21N3S. The van der Waals surface area contributed by atoms with E-state index in [9.17, 15) is 0 Å². The van der Waals surface area contributed by atoms with Crippen LogP contribution in [-0.2, 0) is 0 Å². The smallest absolute Gasteiger partial charge is 0.139 e. The van der Waals surface area contributed by atoms with Crippen molar-refractivity contribution in [1.29, 1.82) is 0 Å². The summed E-state index contributed by atoms with van der Waals surface area (Å²) < 4.78 is 0. The highest BCUT2D eigenvalue weighted by molar-refractivity contribution is 7.80. The largest absolute Gasteiger partial charge is 0.389 e. The lowest BCUT2D eigenvalue weighted by Gasteiger charge is -2.30. The molecule has 110 valence electrons. The van der Waals surface area contributed by atoms with E-state index in [4.69, 9.17) is 22.9 Å². The van der Waals surface area contributed by atoms with Gasteiger partial charge in [-0.1, -0.05) is 30.4 Å². The van der Waals surface area contributed by atoms with Crippen LogP contribution in [0.25, 0.3) is 10.9 Å². The number of hydrogen-bond donors (Lipinski definition) is 1. The third kappa shape index (κ3) is 3.00. The predicted molar refractivity (Wildman–Crippen MR) is 92.8 cm³/mol. The van der Waals surface area contributed by atoms with Crippen molar-refractivity contribution in [2.75, 3.05) is 11.4 Å². The van der Waals surface area contributed by atoms with E-state index in [0.29, 0.717) is 11.0 Å². The molecule has 0 atom stereocenters. The van der Waals surface area contributed by atoms with Crippen molar-refractivity contribution in [2.24, 2.45) is 11.7 Å². The minimum absolute atomic E-state index is 0.382. The highest BCUT2D eigenvalue weighted by Crippen LogP contribution is 2.33. The quantitative estimate of drug-likeness (QED) is 0.858. The van der Waals surface area contributed by atoms with E-state index in [-0.39, 0.29) is 0 Å². The van der Waals surface area contributed by atoms with Gasteiger partial charge in [0.1, 0.15) is 10.8 Å². The third-order valence-electron chi connectivity index (χ3n) is 4.02. The van der Waals surface area contributed by atoms with Gasteiger partial charge in [0.25, 0.3) is 0 Å². The Labute approximate surface area is 131 Å². The second-order valence-corrected chi connectivity index (χ2v) is 6.55. The molecule has 0 radical (unpaired) electrons. The molecule has 1 aliphatic carbocycles. The number of anilines is 1. The molecule has 21 heavy (non-hydrogen) atoms. The van der Waals surface area contributed by atoms with Crippen molar-refractivity contribution in [3.05, 3.63) is 35.9 Å². The molecule has 1 aliphatic rings. The Morgan fingerprint density at radius 2 is 2.10 bits per heavy atom. The summed E-state index contributed by atoms with van der Waals surface area (Å²) >= 11 is 5.26. The van der Waals surface area contributed by atoms with E-state index in [1.54, 1.807) is 0 Å². The number of fused-ring (bicyclic) bond motifs is 1. The van der Waals surface area contributed by atoms with Gasteiger partial charge in [0.05, 0.1) is 11.1 Å². The van der Waals surface area contributed by atoms with Gasteiger partial charge in [-0.3, -0.25) is 0 Å². The number of benzene rings is 1. The summed E-state index contributed by atoms with van der Waals surface area (Å²) in [7, 11) is 0. The van der Waals surface area contributed by atoms with Gasteiger partial charge in [-0.05, 0) is 44.7 Å². The van der Waals surface area contributed by atoms with E-state index in [2.05, 4.69) is 30.9 Å². The maximum Gasteiger partial charge on any atom is 0.139 e. The molecule has 1 heterocycles. The van der Waals surface area contributed by atoms with Gasteiger partial charge in [-0.15, -0.1) is 0 Å². The Morgan fingerprint density at radius 1 is 1.38 bits per heavy atom. The number of thiocarbonyl (C=S) groups is 1. The summed E-state index contributed by atoms with van der Waals surface area (Å²) in [6.07, 6.45) is 2.64. The van der Waals surface area contributed by atoms with Crippen LogP contribution in [0.1, 0.15) is 32.3 Å². The summed E-state index contributed by atoms with van der Waals surface area (Å²) in [5.74, 6) is 1.72. The average Bonchev–Trinajstić information content (AvgIpc) is 3.27. The molecule has 0 unspecified atom stereocenters. The van der Waals surface area contributed by atoms with Crippen LogP contribution >= 0.6 is 12.2 Å². The number of nitrogens with zero attached hydrogens (tertiary/aromatic N) is 2. The van der Waals surface area contributed by atoms with Crippen molar-refractivity contribution in [1.82, 2.24) is 4.98 Å². The number of aromatic nitrogens is 1. The highest BCUT2D eigenvalue weighted by atomic mass is 32.1. The van der Waals surface area contributed by atoms with Gasteiger partial charge < -0.3 is 10.6 Å². The maximum absolute atomic E-state index is 5.95. The average molecular weight is 299 g/mol. The minimum atomic E-state index is 0.382. The monoisotopic (exact) mass is 299 g/mol. The summed E-state index contributed by atoms with van der Waals surface area (Å²) in [6, 6.07) is 10.6. The molecule has 0 aliphatic heterocycles. The number of pyridine rings is 1. The van der Waals surface area contributed by atoms with Gasteiger partial charge in [-0.25, -0.2) is 4.98 Å². The Kier molecular flexibility index (Phi) is 3.81. The van der Waals surface area contributed by atoms with Crippen LogP contribution in [0, 0.1) is 5.92 Å².